The molecule has 0 spiro atoms. The standard InChI is InChI=1S/C17H27O6PS/c1-4-20-15(18)8-6-12-22-24(17-11-10-14(3)25-17)23-13-7-9-16(19)21-5-2/h10-11H,4-9,12-13H2,1-3H3. The second kappa shape index (κ2) is 13.2. The summed E-state index contributed by atoms with van der Waals surface area (Å²) in [6.45, 7) is 7.25. The lowest BCUT2D eigenvalue weighted by atomic mass is 10.3. The summed E-state index contributed by atoms with van der Waals surface area (Å²) in [7, 11) is -1.20. The van der Waals surface area contributed by atoms with Crippen LogP contribution >= 0.6 is 19.7 Å². The molecular formula is C17H27O6PS. The average Bonchev–Trinajstić information content (AvgIpc) is 3.00. The van der Waals surface area contributed by atoms with E-state index in [4.69, 9.17) is 18.5 Å². The highest BCUT2D eigenvalue weighted by molar-refractivity contribution is 7.63. The monoisotopic (exact) mass is 390 g/mol. The van der Waals surface area contributed by atoms with Gasteiger partial charge in [0.15, 0.2) is 0 Å². The molecular weight excluding hydrogens is 363 g/mol. The van der Waals surface area contributed by atoms with Crippen LogP contribution in [-0.2, 0) is 28.1 Å². The molecule has 1 rings (SSSR count). The number of hydrogen-bond donors (Lipinski definition) is 0. The molecule has 0 atom stereocenters. The van der Waals surface area contributed by atoms with Gasteiger partial charge in [0.2, 0.25) is 8.38 Å². The molecule has 1 heterocycles. The van der Waals surface area contributed by atoms with E-state index >= 15 is 0 Å². The molecule has 0 saturated carbocycles. The molecule has 0 saturated heterocycles. The van der Waals surface area contributed by atoms with E-state index < -0.39 is 8.38 Å². The van der Waals surface area contributed by atoms with Gasteiger partial charge in [0, 0.05) is 17.7 Å². The summed E-state index contributed by atoms with van der Waals surface area (Å²) in [6.07, 6.45) is 1.86. The Balaban J connectivity index is 2.37. The smallest absolute Gasteiger partial charge is 0.305 e. The van der Waals surface area contributed by atoms with Crippen LogP contribution in [0, 0.1) is 6.92 Å². The minimum absolute atomic E-state index is 0.210. The van der Waals surface area contributed by atoms with Crippen LogP contribution in [0.2, 0.25) is 0 Å². The van der Waals surface area contributed by atoms with Gasteiger partial charge in [-0.25, -0.2) is 0 Å². The molecule has 25 heavy (non-hydrogen) atoms. The lowest BCUT2D eigenvalue weighted by Gasteiger charge is -2.16. The van der Waals surface area contributed by atoms with Gasteiger partial charge in [0.05, 0.1) is 31.0 Å². The summed E-state index contributed by atoms with van der Waals surface area (Å²) in [5.41, 5.74) is 0. The molecule has 1 aromatic rings. The highest BCUT2D eigenvalue weighted by Crippen LogP contribution is 2.40. The van der Waals surface area contributed by atoms with E-state index in [9.17, 15) is 9.59 Å². The first kappa shape index (κ1) is 22.0. The summed E-state index contributed by atoms with van der Waals surface area (Å²) in [5.74, 6) is -0.421. The third kappa shape index (κ3) is 9.90. The van der Waals surface area contributed by atoms with Gasteiger partial charge in [0.25, 0.3) is 0 Å². The van der Waals surface area contributed by atoms with Gasteiger partial charge in [-0.2, -0.15) is 0 Å². The second-order valence-electron chi connectivity index (χ2n) is 5.12. The molecule has 0 aromatic carbocycles. The first-order valence-corrected chi connectivity index (χ1v) is 10.5. The zero-order valence-electron chi connectivity index (χ0n) is 15.1. The molecule has 0 aliphatic carbocycles. The number of aryl methyl sites for hydroxylation is 1. The zero-order valence-corrected chi connectivity index (χ0v) is 16.8. The van der Waals surface area contributed by atoms with Crippen molar-refractivity contribution in [3.63, 3.8) is 0 Å². The highest BCUT2D eigenvalue weighted by Gasteiger charge is 2.17. The van der Waals surface area contributed by atoms with Crippen molar-refractivity contribution in [2.24, 2.45) is 0 Å². The van der Waals surface area contributed by atoms with Crippen LogP contribution < -0.4 is 4.62 Å². The maximum Gasteiger partial charge on any atom is 0.305 e. The van der Waals surface area contributed by atoms with Crippen LogP contribution in [0.15, 0.2) is 12.1 Å². The maximum absolute atomic E-state index is 11.3. The lowest BCUT2D eigenvalue weighted by Crippen LogP contribution is -2.08. The predicted molar refractivity (Wildman–Crippen MR) is 99.2 cm³/mol. The van der Waals surface area contributed by atoms with E-state index in [0.717, 1.165) is 4.62 Å². The summed E-state index contributed by atoms with van der Waals surface area (Å²) in [4.78, 5) is 23.9. The number of esters is 2. The van der Waals surface area contributed by atoms with Crippen molar-refractivity contribution in [3.8, 4) is 0 Å². The normalized spacial score (nSPS) is 10.9. The predicted octanol–water partition coefficient (Wildman–Crippen LogP) is 3.71. The zero-order chi connectivity index (χ0) is 18.5. The Bertz CT molecular complexity index is 493. The van der Waals surface area contributed by atoms with E-state index in [2.05, 4.69) is 0 Å². The minimum Gasteiger partial charge on any atom is -0.466 e. The number of carbonyl (C=O) groups excluding carboxylic acids is 2. The summed E-state index contributed by atoms with van der Waals surface area (Å²) >= 11 is 1.64. The fourth-order valence-electron chi connectivity index (χ4n) is 1.88. The van der Waals surface area contributed by atoms with E-state index in [-0.39, 0.29) is 11.9 Å². The van der Waals surface area contributed by atoms with Crippen LogP contribution in [0.5, 0.6) is 0 Å². The molecule has 0 unspecified atom stereocenters. The number of thiophene rings is 1. The van der Waals surface area contributed by atoms with Gasteiger partial charge in [-0.15, -0.1) is 11.3 Å². The van der Waals surface area contributed by atoms with Crippen molar-refractivity contribution in [3.05, 3.63) is 17.0 Å². The number of hydrogen-bond acceptors (Lipinski definition) is 7. The van der Waals surface area contributed by atoms with Gasteiger partial charge in [0.1, 0.15) is 0 Å². The summed E-state index contributed by atoms with van der Waals surface area (Å²) in [6, 6.07) is 4.03. The number of carbonyl (C=O) groups is 2. The molecule has 8 heteroatoms. The molecule has 0 radical (unpaired) electrons. The minimum atomic E-state index is -1.20. The topological polar surface area (TPSA) is 71.1 Å². The molecule has 0 amide bonds. The van der Waals surface area contributed by atoms with Crippen molar-refractivity contribution in [2.75, 3.05) is 26.4 Å². The van der Waals surface area contributed by atoms with Crippen molar-refractivity contribution in [2.45, 2.75) is 46.5 Å². The Kier molecular flexibility index (Phi) is 11.7. The average molecular weight is 390 g/mol. The van der Waals surface area contributed by atoms with Gasteiger partial charge in [-0.3, -0.25) is 9.59 Å². The number of rotatable bonds is 13. The second-order valence-corrected chi connectivity index (χ2v) is 8.23. The van der Waals surface area contributed by atoms with Gasteiger partial charge in [-0.1, -0.05) is 0 Å². The lowest BCUT2D eigenvalue weighted by molar-refractivity contribution is -0.144. The Morgan fingerprint density at radius 1 is 0.960 bits per heavy atom. The van der Waals surface area contributed by atoms with Crippen molar-refractivity contribution < 1.29 is 28.1 Å². The Labute approximate surface area is 154 Å². The summed E-state index contributed by atoms with van der Waals surface area (Å²) in [5, 5.41) is 0. The van der Waals surface area contributed by atoms with E-state index in [1.807, 2.05) is 19.1 Å². The molecule has 6 nitrogen and oxygen atoms in total. The number of ether oxygens (including phenoxy) is 2. The SMILES string of the molecule is CCOC(=O)CCCOP(OCCCC(=O)OCC)c1ccc(C)s1. The van der Waals surface area contributed by atoms with E-state index in [1.165, 1.54) is 4.88 Å². The van der Waals surface area contributed by atoms with Crippen LogP contribution in [0.25, 0.3) is 0 Å². The molecule has 0 bridgehead atoms. The molecule has 0 fully saturated rings. The fraction of sp³-hybridized carbons (Fsp3) is 0.647. The largest absolute Gasteiger partial charge is 0.466 e. The molecule has 0 aliphatic heterocycles. The van der Waals surface area contributed by atoms with Crippen LogP contribution in [-0.4, -0.2) is 38.4 Å². The molecule has 0 aliphatic rings. The highest BCUT2D eigenvalue weighted by atomic mass is 32.1. The quantitative estimate of drug-likeness (QED) is 0.290. The van der Waals surface area contributed by atoms with Crippen molar-refractivity contribution in [1.82, 2.24) is 0 Å². The molecule has 1 aromatic heterocycles. The van der Waals surface area contributed by atoms with Crippen molar-refractivity contribution in [1.29, 1.82) is 0 Å². The summed E-state index contributed by atoms with van der Waals surface area (Å²) < 4.78 is 22.5. The van der Waals surface area contributed by atoms with Crippen LogP contribution in [0.1, 0.15) is 44.4 Å². The third-order valence-corrected chi connectivity index (χ3v) is 5.85. The van der Waals surface area contributed by atoms with Gasteiger partial charge < -0.3 is 18.5 Å². The third-order valence-electron chi connectivity index (χ3n) is 2.98. The van der Waals surface area contributed by atoms with Gasteiger partial charge >= 0.3 is 11.9 Å². The first-order valence-electron chi connectivity index (χ1n) is 8.50. The Morgan fingerprint density at radius 2 is 1.48 bits per heavy atom. The van der Waals surface area contributed by atoms with E-state index in [1.54, 1.807) is 25.2 Å². The van der Waals surface area contributed by atoms with Gasteiger partial charge in [-0.05, 0) is 45.7 Å². The Hall–Kier alpha value is -1.01. The fourth-order valence-corrected chi connectivity index (χ4v) is 4.64. The Morgan fingerprint density at radius 3 is 1.88 bits per heavy atom. The molecule has 142 valence electrons. The first-order chi connectivity index (χ1) is 12.1. The van der Waals surface area contributed by atoms with Crippen LogP contribution in [0.4, 0.5) is 0 Å². The maximum atomic E-state index is 11.3. The van der Waals surface area contributed by atoms with Crippen molar-refractivity contribution >= 4 is 36.3 Å². The molecule has 0 N–H and O–H groups in total. The van der Waals surface area contributed by atoms with Crippen LogP contribution in [0.3, 0.4) is 0 Å². The van der Waals surface area contributed by atoms with E-state index in [0.29, 0.717) is 52.1 Å².